The molecular formula is C17H22F3N2O7P. The third kappa shape index (κ3) is 6.36. The number of benzene rings is 1. The van der Waals surface area contributed by atoms with Crippen LogP contribution in [0.3, 0.4) is 0 Å². The first-order valence-electron chi connectivity index (χ1n) is 8.79. The standard InChI is InChI=1S/C17H22F3N2O7P/c1-4-27-15(23)8-7-11-9-12(16(21)30(26,28-5-2)29-6-3)14(22(24)25)10-13(11)17(18,19)20/h7-10,16H,4-6,21H2,1-3H3. The molecule has 0 radical (unpaired) electrons. The Balaban J connectivity index is 3.72. The second kappa shape index (κ2) is 10.7. The van der Waals surface area contributed by atoms with Crippen molar-refractivity contribution in [3.05, 3.63) is 45.0 Å². The fourth-order valence-electron chi connectivity index (χ4n) is 2.48. The molecule has 0 aromatic heterocycles. The highest BCUT2D eigenvalue weighted by atomic mass is 31.2. The highest BCUT2D eigenvalue weighted by molar-refractivity contribution is 7.54. The van der Waals surface area contributed by atoms with Crippen LogP contribution in [-0.2, 0) is 29.3 Å². The summed E-state index contributed by atoms with van der Waals surface area (Å²) in [5.74, 6) is -2.65. The summed E-state index contributed by atoms with van der Waals surface area (Å²) in [5.41, 5.74) is 2.41. The van der Waals surface area contributed by atoms with Gasteiger partial charge in [0, 0.05) is 12.1 Å². The molecule has 0 aliphatic heterocycles. The van der Waals surface area contributed by atoms with Crippen LogP contribution < -0.4 is 5.73 Å². The van der Waals surface area contributed by atoms with Crippen molar-refractivity contribution >= 4 is 25.3 Å². The Morgan fingerprint density at radius 1 is 1.23 bits per heavy atom. The van der Waals surface area contributed by atoms with Crippen LogP contribution in [0, 0.1) is 10.1 Å². The number of halogens is 3. The summed E-state index contributed by atoms with van der Waals surface area (Å²) in [6, 6.07) is 1.01. The zero-order valence-electron chi connectivity index (χ0n) is 16.5. The Kier molecular flexibility index (Phi) is 9.16. The molecule has 0 aliphatic rings. The molecule has 0 aliphatic carbocycles. The van der Waals surface area contributed by atoms with Crippen LogP contribution in [0.1, 0.15) is 43.2 Å². The SMILES string of the molecule is CCOC(=O)C=Cc1cc(C(N)P(=O)(OCC)OCC)c([N+](=O)[O-])cc1C(F)(F)F. The molecule has 1 aromatic rings. The maximum atomic E-state index is 13.5. The lowest BCUT2D eigenvalue weighted by Crippen LogP contribution is -2.18. The van der Waals surface area contributed by atoms with E-state index in [1.165, 1.54) is 20.8 Å². The van der Waals surface area contributed by atoms with Gasteiger partial charge >= 0.3 is 19.7 Å². The minimum Gasteiger partial charge on any atom is -0.463 e. The quantitative estimate of drug-likeness (QED) is 0.181. The largest absolute Gasteiger partial charge is 0.463 e. The molecular weight excluding hydrogens is 432 g/mol. The van der Waals surface area contributed by atoms with Crippen LogP contribution >= 0.6 is 7.60 Å². The van der Waals surface area contributed by atoms with Gasteiger partial charge in [0.25, 0.3) is 5.69 Å². The third-order valence-electron chi connectivity index (χ3n) is 3.66. The number of nitrogens with two attached hydrogens (primary N) is 1. The van der Waals surface area contributed by atoms with Crippen LogP contribution in [0.25, 0.3) is 6.08 Å². The summed E-state index contributed by atoms with van der Waals surface area (Å²) < 4.78 is 68.1. The van der Waals surface area contributed by atoms with Gasteiger partial charge in [0.15, 0.2) is 0 Å². The Bertz CT molecular complexity index is 848. The second-order valence-corrected chi connectivity index (χ2v) is 7.81. The first kappa shape index (κ1) is 25.8. The molecule has 168 valence electrons. The van der Waals surface area contributed by atoms with Crippen molar-refractivity contribution in [2.75, 3.05) is 19.8 Å². The maximum Gasteiger partial charge on any atom is 0.417 e. The molecule has 1 aromatic carbocycles. The summed E-state index contributed by atoms with van der Waals surface area (Å²) in [4.78, 5) is 21.8. The molecule has 2 N–H and O–H groups in total. The van der Waals surface area contributed by atoms with Crippen LogP contribution in [0.15, 0.2) is 18.2 Å². The molecule has 9 nitrogen and oxygen atoms in total. The van der Waals surface area contributed by atoms with E-state index in [4.69, 9.17) is 14.8 Å². The van der Waals surface area contributed by atoms with E-state index >= 15 is 0 Å². The zero-order chi connectivity index (χ0) is 23.1. The Morgan fingerprint density at radius 3 is 2.23 bits per heavy atom. The van der Waals surface area contributed by atoms with Gasteiger partial charge in [-0.3, -0.25) is 14.7 Å². The maximum absolute atomic E-state index is 13.5. The van der Waals surface area contributed by atoms with Crippen LogP contribution in [-0.4, -0.2) is 30.7 Å². The summed E-state index contributed by atoms with van der Waals surface area (Å²) in [7, 11) is -4.15. The van der Waals surface area contributed by atoms with E-state index in [9.17, 15) is 32.6 Å². The minimum absolute atomic E-state index is 0.00240. The molecule has 0 saturated carbocycles. The van der Waals surface area contributed by atoms with Gasteiger partial charge in [-0.2, -0.15) is 13.2 Å². The number of carbonyl (C=O) groups is 1. The lowest BCUT2D eigenvalue weighted by Gasteiger charge is -2.24. The monoisotopic (exact) mass is 454 g/mol. The summed E-state index contributed by atoms with van der Waals surface area (Å²) >= 11 is 0. The van der Waals surface area contributed by atoms with Crippen LogP contribution in [0.2, 0.25) is 0 Å². The smallest absolute Gasteiger partial charge is 0.417 e. The fourth-order valence-corrected chi connectivity index (χ4v) is 4.14. The zero-order valence-corrected chi connectivity index (χ0v) is 17.4. The van der Waals surface area contributed by atoms with E-state index in [1.54, 1.807) is 0 Å². The average Bonchev–Trinajstić information content (AvgIpc) is 2.64. The van der Waals surface area contributed by atoms with Gasteiger partial charge in [-0.25, -0.2) is 4.79 Å². The van der Waals surface area contributed by atoms with Gasteiger partial charge in [0.2, 0.25) is 0 Å². The van der Waals surface area contributed by atoms with Crippen molar-refractivity contribution in [1.82, 2.24) is 0 Å². The molecule has 1 unspecified atom stereocenters. The molecule has 0 amide bonds. The molecule has 0 heterocycles. The van der Waals surface area contributed by atoms with Gasteiger partial charge in [0.05, 0.1) is 35.9 Å². The Hall–Kier alpha value is -2.27. The van der Waals surface area contributed by atoms with Crippen LogP contribution in [0.4, 0.5) is 18.9 Å². The van der Waals surface area contributed by atoms with E-state index < -0.39 is 52.8 Å². The Labute approximate surface area is 170 Å². The minimum atomic E-state index is -4.98. The lowest BCUT2D eigenvalue weighted by molar-refractivity contribution is -0.385. The average molecular weight is 454 g/mol. The number of nitrogens with zero attached hydrogens (tertiary/aromatic N) is 1. The first-order chi connectivity index (χ1) is 13.9. The molecule has 13 heteroatoms. The molecule has 0 fully saturated rings. The van der Waals surface area contributed by atoms with Crippen molar-refractivity contribution in [1.29, 1.82) is 0 Å². The first-order valence-corrected chi connectivity index (χ1v) is 10.4. The highest BCUT2D eigenvalue weighted by Gasteiger charge is 2.41. The van der Waals surface area contributed by atoms with Crippen molar-refractivity contribution in [3.8, 4) is 0 Å². The van der Waals surface area contributed by atoms with Gasteiger partial charge in [0.1, 0.15) is 5.78 Å². The molecule has 1 atom stereocenters. The number of nitro benzene ring substituents is 1. The normalized spacial score (nSPS) is 13.4. The number of ether oxygens (including phenoxy) is 1. The van der Waals surface area contributed by atoms with Gasteiger partial charge in [-0.1, -0.05) is 0 Å². The van der Waals surface area contributed by atoms with Crippen molar-refractivity contribution in [2.45, 2.75) is 32.7 Å². The third-order valence-corrected chi connectivity index (χ3v) is 5.86. The molecule has 30 heavy (non-hydrogen) atoms. The molecule has 1 rings (SSSR count). The molecule has 0 bridgehead atoms. The van der Waals surface area contributed by atoms with Crippen LogP contribution in [0.5, 0.6) is 0 Å². The van der Waals surface area contributed by atoms with Crippen molar-refractivity contribution < 1.29 is 41.2 Å². The van der Waals surface area contributed by atoms with Crippen molar-refractivity contribution in [2.24, 2.45) is 5.73 Å². The predicted octanol–water partition coefficient (Wildman–Crippen LogP) is 4.41. The number of hydrogen-bond acceptors (Lipinski definition) is 8. The lowest BCUT2D eigenvalue weighted by atomic mass is 10.0. The van der Waals surface area contributed by atoms with E-state index in [-0.39, 0.29) is 25.9 Å². The highest BCUT2D eigenvalue weighted by Crippen LogP contribution is 2.59. The van der Waals surface area contributed by atoms with Gasteiger partial charge < -0.3 is 19.5 Å². The van der Waals surface area contributed by atoms with Gasteiger partial charge in [-0.15, -0.1) is 0 Å². The topological polar surface area (TPSA) is 131 Å². The van der Waals surface area contributed by atoms with E-state index in [1.807, 2.05) is 0 Å². The number of nitro groups is 1. The fraction of sp³-hybridized carbons (Fsp3) is 0.471. The Morgan fingerprint density at radius 2 is 1.80 bits per heavy atom. The van der Waals surface area contributed by atoms with Gasteiger partial charge in [-0.05, 0) is 38.5 Å². The number of hydrogen-bond donors (Lipinski definition) is 1. The van der Waals surface area contributed by atoms with E-state index in [0.29, 0.717) is 0 Å². The predicted molar refractivity (Wildman–Crippen MR) is 102 cm³/mol. The number of rotatable bonds is 10. The van der Waals surface area contributed by atoms with E-state index in [0.717, 1.165) is 18.2 Å². The second-order valence-electron chi connectivity index (χ2n) is 5.66. The summed E-state index contributed by atoms with van der Waals surface area (Å²) in [6.45, 7) is 4.23. The summed E-state index contributed by atoms with van der Waals surface area (Å²) in [5, 5.41) is 11.4. The summed E-state index contributed by atoms with van der Waals surface area (Å²) in [6.07, 6.45) is -3.46. The number of carbonyl (C=O) groups excluding carboxylic acids is 1. The molecule has 0 spiro atoms. The van der Waals surface area contributed by atoms with Crippen molar-refractivity contribution in [3.63, 3.8) is 0 Å². The number of esters is 1. The number of alkyl halides is 3. The molecule has 0 saturated heterocycles. The van der Waals surface area contributed by atoms with E-state index in [2.05, 4.69) is 4.74 Å².